The van der Waals surface area contributed by atoms with E-state index < -0.39 is 17.7 Å². The first-order valence-electron chi connectivity index (χ1n) is 13.1. The lowest BCUT2D eigenvalue weighted by molar-refractivity contribution is 0.0940. The molecular weight excluding hydrogens is 551 g/mol. The molecule has 1 aliphatic heterocycles. The molecule has 0 saturated carbocycles. The quantitative estimate of drug-likeness (QED) is 0.194. The molecule has 4 heterocycles. The Bertz CT molecular complexity index is 1610. The van der Waals surface area contributed by atoms with Crippen molar-refractivity contribution in [1.82, 2.24) is 20.3 Å². The lowest BCUT2D eigenvalue weighted by Gasteiger charge is -2.33. The third-order valence-corrected chi connectivity index (χ3v) is 7.19. The number of aromatic nitrogens is 3. The number of phenols is 1. The molecule has 3 aromatic heterocycles. The second-order valence-electron chi connectivity index (χ2n) is 10.2. The summed E-state index contributed by atoms with van der Waals surface area (Å²) in [7, 11) is 0. The van der Waals surface area contributed by atoms with Crippen LogP contribution in [0.5, 0.6) is 5.75 Å². The van der Waals surface area contributed by atoms with Crippen molar-refractivity contribution in [2.75, 3.05) is 23.3 Å². The van der Waals surface area contributed by atoms with Gasteiger partial charge in [-0.1, -0.05) is 25.4 Å². The van der Waals surface area contributed by atoms with Crippen LogP contribution in [0.4, 0.5) is 26.4 Å². The summed E-state index contributed by atoms with van der Waals surface area (Å²) in [6.45, 7) is 4.86. The van der Waals surface area contributed by atoms with Crippen LogP contribution in [0.25, 0.3) is 22.3 Å². The van der Waals surface area contributed by atoms with Gasteiger partial charge in [-0.25, -0.2) is 19.2 Å². The minimum atomic E-state index is -1.05. The molecule has 1 atom stereocenters. The molecule has 0 aliphatic carbocycles. The van der Waals surface area contributed by atoms with Crippen LogP contribution in [-0.4, -0.2) is 56.2 Å². The Hall–Kier alpha value is -4.51. The summed E-state index contributed by atoms with van der Waals surface area (Å²) < 4.78 is 14.2. The number of halogens is 2. The number of nitrogens with one attached hydrogen (secondary N) is 2. The Balaban J connectivity index is 1.51. The number of Topliss-reactive ketones (excluding diaryl/α,β-unsaturated/α-hetero) is 1. The fraction of sp³-hybridized carbons (Fsp3) is 0.276. The zero-order valence-corrected chi connectivity index (χ0v) is 23.1. The third-order valence-electron chi connectivity index (χ3n) is 6.91. The molecule has 12 heteroatoms. The first-order chi connectivity index (χ1) is 19.6. The number of nitrogens with zero attached hydrogens (tertiary/aromatic N) is 4. The number of carbonyl (C=O) groups excluding carboxylic acids is 1. The normalized spacial score (nSPS) is 15.2. The van der Waals surface area contributed by atoms with Gasteiger partial charge in [0.2, 0.25) is 0 Å². The van der Waals surface area contributed by atoms with Crippen LogP contribution >= 0.6 is 11.6 Å². The minimum absolute atomic E-state index is 0.136. The van der Waals surface area contributed by atoms with Gasteiger partial charge >= 0.3 is 6.09 Å². The topological polar surface area (TPSA) is 141 Å². The number of carboxylic acid groups (broad SMARTS) is 1. The van der Waals surface area contributed by atoms with Gasteiger partial charge in [-0.05, 0) is 49.2 Å². The van der Waals surface area contributed by atoms with Gasteiger partial charge in [-0.15, -0.1) is 0 Å². The molecule has 1 aliphatic rings. The van der Waals surface area contributed by atoms with Crippen LogP contribution < -0.4 is 15.5 Å². The molecule has 1 fully saturated rings. The zero-order valence-electron chi connectivity index (χ0n) is 22.4. The van der Waals surface area contributed by atoms with E-state index in [0.29, 0.717) is 51.6 Å². The number of carbonyl (C=O) groups is 2. The molecule has 4 N–H and O–H groups in total. The van der Waals surface area contributed by atoms with Gasteiger partial charge in [-0.2, -0.15) is 0 Å². The number of ketones is 1. The highest BCUT2D eigenvalue weighted by Crippen LogP contribution is 2.35. The predicted octanol–water partition coefficient (Wildman–Crippen LogP) is 6.01. The highest BCUT2D eigenvalue weighted by molar-refractivity contribution is 6.32. The van der Waals surface area contributed by atoms with E-state index >= 15 is 0 Å². The van der Waals surface area contributed by atoms with E-state index in [9.17, 15) is 19.1 Å². The van der Waals surface area contributed by atoms with Gasteiger partial charge in [-0.3, -0.25) is 9.78 Å². The van der Waals surface area contributed by atoms with Crippen molar-refractivity contribution in [3.05, 3.63) is 65.2 Å². The number of rotatable bonds is 7. The molecule has 212 valence electrons. The monoisotopic (exact) mass is 578 g/mol. The van der Waals surface area contributed by atoms with E-state index in [-0.39, 0.29) is 22.8 Å². The molecule has 1 saturated heterocycles. The largest absolute Gasteiger partial charge is 0.504 e. The van der Waals surface area contributed by atoms with E-state index in [0.717, 1.165) is 25.5 Å². The third kappa shape index (κ3) is 5.99. The number of hydrogen-bond acceptors (Lipinski definition) is 8. The number of phenolic OH excluding ortho intramolecular Hbond substituents is 1. The molecule has 0 spiro atoms. The summed E-state index contributed by atoms with van der Waals surface area (Å²) >= 11 is 6.00. The van der Waals surface area contributed by atoms with Gasteiger partial charge in [0.25, 0.3) is 0 Å². The summed E-state index contributed by atoms with van der Waals surface area (Å²) in [5, 5.41) is 24.5. The number of anilines is 3. The predicted molar refractivity (Wildman–Crippen MR) is 155 cm³/mol. The number of aromatic hydroxyl groups is 1. The van der Waals surface area contributed by atoms with Gasteiger partial charge < -0.3 is 25.7 Å². The number of fused-ring (bicyclic) bond motifs is 1. The fourth-order valence-electron chi connectivity index (χ4n) is 4.83. The van der Waals surface area contributed by atoms with Gasteiger partial charge in [0.1, 0.15) is 11.3 Å². The molecule has 1 aromatic carbocycles. The molecule has 1 amide bonds. The molecule has 5 rings (SSSR count). The van der Waals surface area contributed by atoms with Crippen LogP contribution in [0.15, 0.2) is 48.8 Å². The highest BCUT2D eigenvalue weighted by Gasteiger charge is 2.23. The minimum Gasteiger partial charge on any atom is -0.504 e. The lowest BCUT2D eigenvalue weighted by Crippen LogP contribution is -2.47. The Kier molecular flexibility index (Phi) is 7.89. The standard InChI is InChI=1S/C29H28ClFN6O4/c1-15(2)27(38)19-13-32-23-7-6-22(16-10-20(30)28(39)21(31)11-16)36-26(23)25(19)34-17-5-8-24(33-12-17)37-9-3-4-18(14-37)35-29(40)41/h5-8,10-13,15,18,35,39H,3-4,9,14H2,1-2H3,(H,32,34)(H,40,41). The van der Waals surface area contributed by atoms with E-state index in [2.05, 4.69) is 20.6 Å². The average molecular weight is 579 g/mol. The van der Waals surface area contributed by atoms with Crippen LogP contribution in [0, 0.1) is 11.7 Å². The Morgan fingerprint density at radius 1 is 1.15 bits per heavy atom. The van der Waals surface area contributed by atoms with Crippen LogP contribution in [-0.2, 0) is 0 Å². The Labute approximate surface area is 240 Å². The van der Waals surface area contributed by atoms with Gasteiger partial charge in [0.15, 0.2) is 17.3 Å². The summed E-state index contributed by atoms with van der Waals surface area (Å²) in [4.78, 5) is 40.0. The van der Waals surface area contributed by atoms with Crippen LogP contribution in [0.3, 0.4) is 0 Å². The molecule has 4 aromatic rings. The van der Waals surface area contributed by atoms with Crippen LogP contribution in [0.1, 0.15) is 37.0 Å². The molecule has 41 heavy (non-hydrogen) atoms. The SMILES string of the molecule is CC(C)C(=O)c1cnc2ccc(-c3cc(F)c(O)c(Cl)c3)nc2c1Nc1ccc(N2CCCC(NC(=O)O)C2)nc1. The van der Waals surface area contributed by atoms with E-state index in [1.165, 1.54) is 12.3 Å². The molecule has 10 nitrogen and oxygen atoms in total. The molecule has 0 bridgehead atoms. The van der Waals surface area contributed by atoms with E-state index in [1.54, 1.807) is 32.2 Å². The number of amides is 1. The lowest BCUT2D eigenvalue weighted by atomic mass is 10.00. The van der Waals surface area contributed by atoms with Crippen molar-refractivity contribution in [3.63, 3.8) is 0 Å². The van der Waals surface area contributed by atoms with Crippen molar-refractivity contribution in [3.8, 4) is 17.0 Å². The summed E-state index contributed by atoms with van der Waals surface area (Å²) in [6.07, 6.45) is 3.70. The van der Waals surface area contributed by atoms with Crippen molar-refractivity contribution in [2.24, 2.45) is 5.92 Å². The molecular formula is C29H28ClFN6O4. The average Bonchev–Trinajstić information content (AvgIpc) is 2.95. The van der Waals surface area contributed by atoms with Crippen LogP contribution in [0.2, 0.25) is 5.02 Å². The second kappa shape index (κ2) is 11.5. The number of hydrogen-bond donors (Lipinski definition) is 4. The van der Waals surface area contributed by atoms with Gasteiger partial charge in [0, 0.05) is 36.8 Å². The zero-order chi connectivity index (χ0) is 29.3. The maximum Gasteiger partial charge on any atom is 0.404 e. The first-order valence-corrected chi connectivity index (χ1v) is 13.5. The summed E-state index contributed by atoms with van der Waals surface area (Å²) in [5.41, 5.74) is 3.00. The van der Waals surface area contributed by atoms with E-state index in [1.807, 2.05) is 17.0 Å². The smallest absolute Gasteiger partial charge is 0.404 e. The summed E-state index contributed by atoms with van der Waals surface area (Å²) in [6, 6.07) is 9.41. The van der Waals surface area contributed by atoms with Crippen molar-refractivity contribution in [2.45, 2.75) is 32.7 Å². The first kappa shape index (κ1) is 28.0. The molecule has 0 radical (unpaired) electrons. The number of benzene rings is 1. The Morgan fingerprint density at radius 3 is 2.63 bits per heavy atom. The van der Waals surface area contributed by atoms with Gasteiger partial charge in [0.05, 0.1) is 39.4 Å². The van der Waals surface area contributed by atoms with Crippen molar-refractivity contribution < 1.29 is 24.2 Å². The number of piperidine rings is 1. The number of pyridine rings is 3. The van der Waals surface area contributed by atoms with Crippen molar-refractivity contribution in [1.29, 1.82) is 0 Å². The molecule has 1 unspecified atom stereocenters. The van der Waals surface area contributed by atoms with E-state index in [4.69, 9.17) is 21.7 Å². The second-order valence-corrected chi connectivity index (χ2v) is 10.6. The highest BCUT2D eigenvalue weighted by atomic mass is 35.5. The Morgan fingerprint density at radius 2 is 1.95 bits per heavy atom. The maximum absolute atomic E-state index is 14.2. The summed E-state index contributed by atoms with van der Waals surface area (Å²) in [5.74, 6) is -1.26. The fourth-order valence-corrected chi connectivity index (χ4v) is 5.04. The maximum atomic E-state index is 14.2. The van der Waals surface area contributed by atoms with Crippen molar-refractivity contribution >= 4 is 51.7 Å².